The number of hydrogen-bond acceptors (Lipinski definition) is 5. The Morgan fingerprint density at radius 3 is 2.33 bits per heavy atom. The molecule has 0 unspecified atom stereocenters. The molecule has 156 valence electrons. The van der Waals surface area contributed by atoms with Crippen LogP contribution in [0, 0.1) is 25.2 Å². The molecule has 0 aliphatic rings. The number of nitrogens with zero attached hydrogens (tertiary/aromatic N) is 1. The van der Waals surface area contributed by atoms with Crippen molar-refractivity contribution in [3.8, 4) is 17.6 Å². The van der Waals surface area contributed by atoms with Gasteiger partial charge in [-0.1, -0.05) is 31.5 Å². The van der Waals surface area contributed by atoms with Crippen LogP contribution < -0.4 is 14.8 Å². The van der Waals surface area contributed by atoms with Crippen molar-refractivity contribution in [3.63, 3.8) is 0 Å². The number of unbranched alkanes of at least 4 members (excludes halogenated alkanes) is 1. The maximum Gasteiger partial charge on any atom is 0.349 e. The zero-order valence-corrected chi connectivity index (χ0v) is 17.5. The number of benzene rings is 2. The molecule has 0 radical (unpaired) electrons. The van der Waals surface area contributed by atoms with E-state index in [0.29, 0.717) is 23.6 Å². The molecule has 0 spiro atoms. The van der Waals surface area contributed by atoms with E-state index in [1.807, 2.05) is 45.0 Å². The molecule has 2 rings (SSSR count). The first-order valence-corrected chi connectivity index (χ1v) is 9.83. The van der Waals surface area contributed by atoms with Crippen molar-refractivity contribution in [2.45, 2.75) is 33.6 Å². The molecule has 0 saturated heterocycles. The van der Waals surface area contributed by atoms with E-state index in [2.05, 4.69) is 5.32 Å². The minimum atomic E-state index is -0.523. The van der Waals surface area contributed by atoms with Gasteiger partial charge in [0.2, 0.25) is 0 Å². The Bertz CT molecular complexity index is 936. The van der Waals surface area contributed by atoms with E-state index in [1.165, 1.54) is 6.08 Å². The molecule has 0 aromatic heterocycles. The second kappa shape index (κ2) is 11.4. The van der Waals surface area contributed by atoms with E-state index in [0.717, 1.165) is 24.0 Å². The summed E-state index contributed by atoms with van der Waals surface area (Å²) in [6, 6.07) is 14.2. The Labute approximate surface area is 177 Å². The van der Waals surface area contributed by atoms with E-state index >= 15 is 0 Å². The van der Waals surface area contributed by atoms with Crippen molar-refractivity contribution in [2.75, 3.05) is 13.2 Å². The molecule has 30 heavy (non-hydrogen) atoms. The van der Waals surface area contributed by atoms with Gasteiger partial charge in [0, 0.05) is 6.54 Å². The lowest BCUT2D eigenvalue weighted by Crippen LogP contribution is -2.25. The zero-order valence-electron chi connectivity index (χ0n) is 17.5. The average Bonchev–Trinajstić information content (AvgIpc) is 2.71. The molecule has 0 fully saturated rings. The van der Waals surface area contributed by atoms with Gasteiger partial charge < -0.3 is 14.8 Å². The first-order valence-electron chi connectivity index (χ1n) is 9.83. The van der Waals surface area contributed by atoms with Gasteiger partial charge in [-0.25, -0.2) is 4.79 Å². The fraction of sp³-hybridized carbons (Fsp3) is 0.292. The molecular formula is C24H26N2O4. The summed E-state index contributed by atoms with van der Waals surface area (Å²) in [7, 11) is 0. The number of esters is 1. The maximum atomic E-state index is 12.0. The number of rotatable bonds is 9. The molecular weight excluding hydrogens is 380 g/mol. The van der Waals surface area contributed by atoms with Crippen LogP contribution in [-0.2, 0) is 9.59 Å². The van der Waals surface area contributed by atoms with Crippen LogP contribution in [0.25, 0.3) is 6.08 Å². The van der Waals surface area contributed by atoms with Crippen LogP contribution in [-0.4, -0.2) is 25.0 Å². The lowest BCUT2D eigenvalue weighted by molar-refractivity contribution is -0.136. The highest BCUT2D eigenvalue weighted by molar-refractivity contribution is 6.01. The Morgan fingerprint density at radius 1 is 1.07 bits per heavy atom. The van der Waals surface area contributed by atoms with Gasteiger partial charge in [0.25, 0.3) is 5.91 Å². The molecule has 2 aromatic rings. The summed E-state index contributed by atoms with van der Waals surface area (Å²) >= 11 is 0. The Hall–Kier alpha value is -3.59. The molecule has 0 aliphatic carbocycles. The highest BCUT2D eigenvalue weighted by Crippen LogP contribution is 2.17. The van der Waals surface area contributed by atoms with Crippen LogP contribution in [0.1, 0.15) is 36.5 Å². The first-order chi connectivity index (χ1) is 14.4. The lowest BCUT2D eigenvalue weighted by Gasteiger charge is -2.08. The number of ether oxygens (including phenoxy) is 2. The van der Waals surface area contributed by atoms with Crippen molar-refractivity contribution in [3.05, 3.63) is 64.7 Å². The van der Waals surface area contributed by atoms with Gasteiger partial charge in [0.15, 0.2) is 6.61 Å². The fourth-order valence-corrected chi connectivity index (χ4v) is 2.74. The van der Waals surface area contributed by atoms with Crippen molar-refractivity contribution < 1.29 is 19.1 Å². The van der Waals surface area contributed by atoms with Gasteiger partial charge in [-0.2, -0.15) is 5.26 Å². The van der Waals surface area contributed by atoms with E-state index in [1.54, 1.807) is 24.3 Å². The van der Waals surface area contributed by atoms with Crippen molar-refractivity contribution in [2.24, 2.45) is 0 Å². The summed E-state index contributed by atoms with van der Waals surface area (Å²) < 4.78 is 10.8. The third-order valence-corrected chi connectivity index (χ3v) is 4.16. The average molecular weight is 406 g/mol. The van der Waals surface area contributed by atoms with Crippen LogP contribution in [0.5, 0.6) is 11.5 Å². The molecule has 2 aromatic carbocycles. The highest BCUT2D eigenvalue weighted by Gasteiger charge is 2.09. The summed E-state index contributed by atoms with van der Waals surface area (Å²) in [6.45, 7) is 6.27. The number of aryl methyl sites for hydroxylation is 2. The van der Waals surface area contributed by atoms with Gasteiger partial charge in [0.05, 0.1) is 0 Å². The highest BCUT2D eigenvalue weighted by atomic mass is 16.6. The number of carbonyl (C=O) groups excluding carboxylic acids is 2. The van der Waals surface area contributed by atoms with Crippen LogP contribution in [0.4, 0.5) is 0 Å². The van der Waals surface area contributed by atoms with Gasteiger partial charge in [-0.05, 0) is 67.3 Å². The van der Waals surface area contributed by atoms with E-state index in [9.17, 15) is 14.9 Å². The largest absolute Gasteiger partial charge is 0.482 e. The van der Waals surface area contributed by atoms with Crippen molar-refractivity contribution in [1.29, 1.82) is 5.26 Å². The van der Waals surface area contributed by atoms with E-state index in [-0.39, 0.29) is 12.2 Å². The molecule has 0 bridgehead atoms. The third-order valence-electron chi connectivity index (χ3n) is 4.16. The second-order valence-corrected chi connectivity index (χ2v) is 6.93. The fourth-order valence-electron chi connectivity index (χ4n) is 2.74. The molecule has 0 saturated carbocycles. The minimum absolute atomic E-state index is 0.0256. The minimum Gasteiger partial charge on any atom is -0.482 e. The molecule has 0 aliphatic heterocycles. The van der Waals surface area contributed by atoms with E-state index < -0.39 is 11.9 Å². The van der Waals surface area contributed by atoms with Crippen molar-refractivity contribution >= 4 is 18.0 Å². The molecule has 6 nitrogen and oxygen atoms in total. The summed E-state index contributed by atoms with van der Waals surface area (Å²) in [5.74, 6) is 0.0497. The van der Waals surface area contributed by atoms with Crippen molar-refractivity contribution in [1.82, 2.24) is 5.32 Å². The van der Waals surface area contributed by atoms with Gasteiger partial charge in [0.1, 0.15) is 23.1 Å². The molecule has 6 heteroatoms. The third kappa shape index (κ3) is 7.44. The standard InChI is InChI=1S/C24H26N2O4/c1-4-5-10-26-24(28)20(15-25)14-19-6-8-21(9-7-19)30-23(27)16-29-22-12-17(2)11-18(3)13-22/h6-9,11-14H,4-5,10,16H2,1-3H3,(H,26,28)/b20-14+. The van der Waals surface area contributed by atoms with E-state index in [4.69, 9.17) is 9.47 Å². The number of carbonyl (C=O) groups is 2. The SMILES string of the molecule is CCCCNC(=O)/C(C#N)=C/c1ccc(OC(=O)COc2cc(C)cc(C)c2)cc1. The smallest absolute Gasteiger partial charge is 0.349 e. The summed E-state index contributed by atoms with van der Waals surface area (Å²) in [6.07, 6.45) is 3.31. The summed E-state index contributed by atoms with van der Waals surface area (Å²) in [5, 5.41) is 11.9. The predicted octanol–water partition coefficient (Wildman–Crippen LogP) is 4.11. The summed E-state index contributed by atoms with van der Waals surface area (Å²) in [4.78, 5) is 24.0. The Balaban J connectivity index is 1.92. The van der Waals surface area contributed by atoms with Gasteiger partial charge in [-0.3, -0.25) is 4.79 Å². The van der Waals surface area contributed by atoms with Gasteiger partial charge in [-0.15, -0.1) is 0 Å². The zero-order chi connectivity index (χ0) is 21.9. The predicted molar refractivity (Wildman–Crippen MR) is 115 cm³/mol. The summed E-state index contributed by atoms with van der Waals surface area (Å²) in [5.41, 5.74) is 2.79. The number of amides is 1. The van der Waals surface area contributed by atoms with Crippen LogP contribution in [0.2, 0.25) is 0 Å². The first kappa shape index (κ1) is 22.7. The van der Waals surface area contributed by atoms with Crippen LogP contribution in [0.15, 0.2) is 48.0 Å². The van der Waals surface area contributed by atoms with Crippen LogP contribution in [0.3, 0.4) is 0 Å². The maximum absolute atomic E-state index is 12.0. The Morgan fingerprint density at radius 2 is 1.73 bits per heavy atom. The molecule has 0 atom stereocenters. The lowest BCUT2D eigenvalue weighted by atomic mass is 10.1. The molecule has 1 N–H and O–H groups in total. The topological polar surface area (TPSA) is 88.4 Å². The molecule has 1 amide bonds. The quantitative estimate of drug-likeness (QED) is 0.223. The number of nitrogens with one attached hydrogen (secondary N) is 1. The number of nitriles is 1. The van der Waals surface area contributed by atoms with Crippen LogP contribution >= 0.6 is 0 Å². The normalized spacial score (nSPS) is 10.8. The number of hydrogen-bond donors (Lipinski definition) is 1. The van der Waals surface area contributed by atoms with Gasteiger partial charge >= 0.3 is 5.97 Å². The second-order valence-electron chi connectivity index (χ2n) is 6.93. The molecule has 0 heterocycles. The monoisotopic (exact) mass is 406 g/mol. The Kier molecular flexibility index (Phi) is 8.64.